The van der Waals surface area contributed by atoms with Gasteiger partial charge in [0.05, 0.1) is 5.02 Å². The van der Waals surface area contributed by atoms with E-state index in [9.17, 15) is 4.79 Å². The van der Waals surface area contributed by atoms with Gasteiger partial charge in [-0.1, -0.05) is 23.7 Å². The molecule has 0 bridgehead atoms. The van der Waals surface area contributed by atoms with Gasteiger partial charge in [-0.25, -0.2) is 0 Å². The first-order chi connectivity index (χ1) is 5.20. The minimum Gasteiger partial charge on any atom is -0.425 e. The maximum Gasteiger partial charge on any atom is 0.308 e. The Kier molecular flexibility index (Phi) is 2.49. The molecule has 1 rings (SSSR count). The van der Waals surface area contributed by atoms with Crippen LogP contribution in [0.25, 0.3) is 0 Å². The Bertz CT molecular complexity index is 271. The van der Waals surface area contributed by atoms with Crippen LogP contribution in [0.1, 0.15) is 6.92 Å². The van der Waals surface area contributed by atoms with Gasteiger partial charge < -0.3 is 4.74 Å². The molecule has 0 aliphatic rings. The highest BCUT2D eigenvalue weighted by molar-refractivity contribution is 6.32. The fourth-order valence-corrected chi connectivity index (χ4v) is 0.857. The van der Waals surface area contributed by atoms with Gasteiger partial charge in [0.2, 0.25) is 0 Å². The first-order valence-electron chi connectivity index (χ1n) is 3.13. The summed E-state index contributed by atoms with van der Waals surface area (Å²) in [6.45, 7) is 1.34. The van der Waals surface area contributed by atoms with Crippen LogP contribution in [0.5, 0.6) is 5.75 Å². The van der Waals surface area contributed by atoms with E-state index in [4.69, 9.17) is 16.3 Å². The van der Waals surface area contributed by atoms with Crippen molar-refractivity contribution in [2.75, 3.05) is 0 Å². The highest BCUT2D eigenvalue weighted by Gasteiger charge is 2.00. The average molecular weight is 171 g/mol. The Balaban J connectivity index is 2.86. The second kappa shape index (κ2) is 3.39. The standard InChI is InChI=1S/C8H7ClO2/c1-6(10)11-8-5-3-2-4-7(8)9/h2-5H,1H3. The van der Waals surface area contributed by atoms with Crippen LogP contribution in [0.15, 0.2) is 24.3 Å². The Hall–Kier alpha value is -1.02. The van der Waals surface area contributed by atoms with Crippen LogP contribution >= 0.6 is 11.6 Å². The van der Waals surface area contributed by atoms with E-state index in [1.54, 1.807) is 24.3 Å². The number of benzene rings is 1. The molecular formula is C8H7ClO2. The molecule has 1 aromatic carbocycles. The van der Waals surface area contributed by atoms with E-state index in [1.165, 1.54) is 6.92 Å². The van der Waals surface area contributed by atoms with Crippen molar-refractivity contribution >= 4 is 17.6 Å². The van der Waals surface area contributed by atoms with E-state index in [1.807, 2.05) is 0 Å². The van der Waals surface area contributed by atoms with Crippen LogP contribution < -0.4 is 4.74 Å². The number of hydrogen-bond acceptors (Lipinski definition) is 2. The third kappa shape index (κ3) is 2.24. The molecule has 0 radical (unpaired) electrons. The molecule has 0 spiro atoms. The van der Waals surface area contributed by atoms with Gasteiger partial charge >= 0.3 is 5.97 Å². The maximum atomic E-state index is 10.5. The summed E-state index contributed by atoms with van der Waals surface area (Å²) >= 11 is 5.69. The smallest absolute Gasteiger partial charge is 0.308 e. The number of para-hydroxylation sites is 1. The molecule has 0 N–H and O–H groups in total. The van der Waals surface area contributed by atoms with E-state index in [0.29, 0.717) is 10.8 Å². The quantitative estimate of drug-likeness (QED) is 0.478. The summed E-state index contributed by atoms with van der Waals surface area (Å²) in [5.41, 5.74) is 0. The third-order valence-corrected chi connectivity index (χ3v) is 1.40. The van der Waals surface area contributed by atoms with Gasteiger partial charge in [-0.15, -0.1) is 0 Å². The molecule has 0 atom stereocenters. The van der Waals surface area contributed by atoms with Crippen LogP contribution in [0.3, 0.4) is 0 Å². The lowest BCUT2D eigenvalue weighted by atomic mass is 10.3. The topological polar surface area (TPSA) is 26.3 Å². The molecular weight excluding hydrogens is 164 g/mol. The van der Waals surface area contributed by atoms with Crippen molar-refractivity contribution in [3.63, 3.8) is 0 Å². The second-order valence-corrected chi connectivity index (χ2v) is 2.43. The normalized spacial score (nSPS) is 9.27. The molecule has 1 aromatic rings. The number of carbonyl (C=O) groups is 1. The summed E-state index contributed by atoms with van der Waals surface area (Å²) in [6.07, 6.45) is 0. The van der Waals surface area contributed by atoms with Crippen molar-refractivity contribution in [1.29, 1.82) is 0 Å². The van der Waals surface area contributed by atoms with Crippen molar-refractivity contribution < 1.29 is 9.53 Å². The van der Waals surface area contributed by atoms with Crippen molar-refractivity contribution in [3.8, 4) is 5.75 Å². The maximum absolute atomic E-state index is 10.5. The Labute approximate surface area is 69.7 Å². The predicted octanol–water partition coefficient (Wildman–Crippen LogP) is 2.27. The van der Waals surface area contributed by atoms with Crippen LogP contribution in [-0.4, -0.2) is 5.97 Å². The largest absolute Gasteiger partial charge is 0.425 e. The minimum atomic E-state index is -0.363. The molecule has 3 heteroatoms. The van der Waals surface area contributed by atoms with E-state index in [-0.39, 0.29) is 5.97 Å². The molecule has 0 saturated carbocycles. The van der Waals surface area contributed by atoms with Crippen molar-refractivity contribution in [2.24, 2.45) is 0 Å². The summed E-state index contributed by atoms with van der Waals surface area (Å²) in [4.78, 5) is 10.5. The number of ether oxygens (including phenoxy) is 1. The Morgan fingerprint density at radius 1 is 1.45 bits per heavy atom. The van der Waals surface area contributed by atoms with Crippen LogP contribution in [-0.2, 0) is 4.79 Å². The summed E-state index contributed by atoms with van der Waals surface area (Å²) in [5, 5.41) is 0.447. The lowest BCUT2D eigenvalue weighted by molar-refractivity contribution is -0.131. The molecule has 0 saturated heterocycles. The van der Waals surface area contributed by atoms with E-state index in [2.05, 4.69) is 0 Å². The number of esters is 1. The molecule has 0 amide bonds. The van der Waals surface area contributed by atoms with Crippen molar-refractivity contribution in [2.45, 2.75) is 6.92 Å². The van der Waals surface area contributed by atoms with Crippen LogP contribution in [0, 0.1) is 0 Å². The van der Waals surface area contributed by atoms with E-state index in [0.717, 1.165) is 0 Å². The van der Waals surface area contributed by atoms with Gasteiger partial charge in [-0.2, -0.15) is 0 Å². The Morgan fingerprint density at radius 2 is 2.09 bits per heavy atom. The SMILES string of the molecule is CC(=O)Oc1ccccc1Cl. The van der Waals surface area contributed by atoms with Crippen LogP contribution in [0.4, 0.5) is 0 Å². The van der Waals surface area contributed by atoms with Crippen molar-refractivity contribution in [3.05, 3.63) is 29.3 Å². The lowest BCUT2D eigenvalue weighted by Crippen LogP contribution is -2.01. The van der Waals surface area contributed by atoms with Gasteiger partial charge in [-0.05, 0) is 12.1 Å². The molecule has 0 fully saturated rings. The number of halogens is 1. The number of carbonyl (C=O) groups excluding carboxylic acids is 1. The lowest BCUT2D eigenvalue weighted by Gasteiger charge is -2.01. The molecule has 58 valence electrons. The third-order valence-electron chi connectivity index (χ3n) is 1.09. The van der Waals surface area contributed by atoms with Gasteiger partial charge in [0, 0.05) is 6.92 Å². The molecule has 0 heterocycles. The number of rotatable bonds is 1. The molecule has 0 unspecified atom stereocenters. The second-order valence-electron chi connectivity index (χ2n) is 2.02. The van der Waals surface area contributed by atoms with Gasteiger partial charge in [0.25, 0.3) is 0 Å². The minimum absolute atomic E-state index is 0.363. The van der Waals surface area contributed by atoms with Gasteiger partial charge in [0.15, 0.2) is 0 Å². The fourth-order valence-electron chi connectivity index (χ4n) is 0.682. The van der Waals surface area contributed by atoms with E-state index < -0.39 is 0 Å². The number of hydrogen-bond donors (Lipinski definition) is 0. The molecule has 11 heavy (non-hydrogen) atoms. The first-order valence-corrected chi connectivity index (χ1v) is 3.51. The zero-order valence-electron chi connectivity index (χ0n) is 6.00. The van der Waals surface area contributed by atoms with E-state index >= 15 is 0 Å². The predicted molar refractivity (Wildman–Crippen MR) is 42.8 cm³/mol. The molecule has 0 aromatic heterocycles. The summed E-state index contributed by atoms with van der Waals surface area (Å²) in [6, 6.07) is 6.84. The first kappa shape index (κ1) is 8.08. The zero-order valence-corrected chi connectivity index (χ0v) is 6.76. The Morgan fingerprint density at radius 3 is 2.64 bits per heavy atom. The summed E-state index contributed by atoms with van der Waals surface area (Å²) < 4.78 is 4.77. The fraction of sp³-hybridized carbons (Fsp3) is 0.125. The highest BCUT2D eigenvalue weighted by Crippen LogP contribution is 2.22. The van der Waals surface area contributed by atoms with Gasteiger partial charge in [-0.3, -0.25) is 4.79 Å². The van der Waals surface area contributed by atoms with Crippen LogP contribution in [0.2, 0.25) is 5.02 Å². The molecule has 0 aliphatic heterocycles. The highest BCUT2D eigenvalue weighted by atomic mass is 35.5. The summed E-state index contributed by atoms with van der Waals surface area (Å²) in [7, 11) is 0. The summed E-state index contributed by atoms with van der Waals surface area (Å²) in [5.74, 6) is 0.0415. The monoisotopic (exact) mass is 170 g/mol. The zero-order chi connectivity index (χ0) is 8.27. The average Bonchev–Trinajstić information content (AvgIpc) is 1.93. The molecule has 0 aliphatic carbocycles. The molecule has 2 nitrogen and oxygen atoms in total. The van der Waals surface area contributed by atoms with Crippen molar-refractivity contribution in [1.82, 2.24) is 0 Å². The van der Waals surface area contributed by atoms with Gasteiger partial charge in [0.1, 0.15) is 5.75 Å².